The molecule has 4 nitrogen and oxygen atoms in total. The van der Waals surface area contributed by atoms with Crippen molar-refractivity contribution >= 4 is 5.91 Å². The highest BCUT2D eigenvalue weighted by molar-refractivity contribution is 5.82. The minimum Gasteiger partial charge on any atom is -0.385 e. The molecule has 1 amide bonds. The van der Waals surface area contributed by atoms with Crippen LogP contribution in [0.3, 0.4) is 0 Å². The number of rotatable bonds is 5. The number of carbonyl (C=O) groups is 1. The molecule has 4 heteroatoms. The van der Waals surface area contributed by atoms with E-state index in [1.807, 2.05) is 6.92 Å². The smallest absolute Gasteiger partial charge is 0.223 e. The molecular weight excluding hydrogens is 216 g/mol. The van der Waals surface area contributed by atoms with Crippen LogP contribution in [0.2, 0.25) is 0 Å². The first-order chi connectivity index (χ1) is 8.18. The van der Waals surface area contributed by atoms with E-state index in [1.54, 1.807) is 7.11 Å². The highest BCUT2D eigenvalue weighted by atomic mass is 16.5. The van der Waals surface area contributed by atoms with Crippen molar-refractivity contribution in [1.29, 1.82) is 0 Å². The van der Waals surface area contributed by atoms with Crippen LogP contribution >= 0.6 is 0 Å². The molecule has 1 spiro atoms. The molecule has 2 unspecified atom stereocenters. The van der Waals surface area contributed by atoms with Crippen LogP contribution in [0.15, 0.2) is 0 Å². The Balaban J connectivity index is 1.74. The maximum absolute atomic E-state index is 12.1. The predicted molar refractivity (Wildman–Crippen MR) is 66.7 cm³/mol. The van der Waals surface area contributed by atoms with Gasteiger partial charge in [-0.25, -0.2) is 0 Å². The van der Waals surface area contributed by atoms with Crippen molar-refractivity contribution in [2.75, 3.05) is 26.8 Å². The molecular formula is C13H24N2O2. The van der Waals surface area contributed by atoms with Crippen molar-refractivity contribution in [3.63, 3.8) is 0 Å². The molecule has 1 saturated heterocycles. The lowest BCUT2D eigenvalue weighted by molar-refractivity contribution is -0.124. The Morgan fingerprint density at radius 1 is 1.53 bits per heavy atom. The summed E-state index contributed by atoms with van der Waals surface area (Å²) in [5, 5.41) is 6.47. The van der Waals surface area contributed by atoms with Crippen molar-refractivity contribution < 1.29 is 9.53 Å². The second-order valence-corrected chi connectivity index (χ2v) is 5.56. The maximum atomic E-state index is 12.1. The van der Waals surface area contributed by atoms with Gasteiger partial charge in [-0.05, 0) is 51.1 Å². The summed E-state index contributed by atoms with van der Waals surface area (Å²) in [6.07, 6.45) is 4.32. The molecule has 2 rings (SSSR count). The average molecular weight is 240 g/mol. The number of ether oxygens (including phenoxy) is 1. The van der Waals surface area contributed by atoms with Crippen molar-refractivity contribution in [1.82, 2.24) is 10.6 Å². The molecule has 0 radical (unpaired) electrons. The first-order valence-corrected chi connectivity index (χ1v) is 6.68. The summed E-state index contributed by atoms with van der Waals surface area (Å²) >= 11 is 0. The Bertz CT molecular complexity index is 275. The lowest BCUT2D eigenvalue weighted by Gasteiger charge is -2.23. The number of methoxy groups -OCH3 is 1. The fourth-order valence-corrected chi connectivity index (χ4v) is 2.91. The van der Waals surface area contributed by atoms with Crippen molar-refractivity contribution in [2.45, 2.75) is 38.6 Å². The number of amides is 1. The van der Waals surface area contributed by atoms with E-state index in [2.05, 4.69) is 10.6 Å². The van der Waals surface area contributed by atoms with Gasteiger partial charge in [0, 0.05) is 25.7 Å². The summed E-state index contributed by atoms with van der Waals surface area (Å²) in [5.41, 5.74) is 0.344. The highest BCUT2D eigenvalue weighted by Crippen LogP contribution is 2.58. The molecule has 0 bridgehead atoms. The van der Waals surface area contributed by atoms with E-state index in [1.165, 1.54) is 0 Å². The second-order valence-electron chi connectivity index (χ2n) is 5.56. The molecule has 0 aromatic heterocycles. The molecule has 2 N–H and O–H groups in total. The molecule has 1 heterocycles. The van der Waals surface area contributed by atoms with Gasteiger partial charge < -0.3 is 15.4 Å². The largest absolute Gasteiger partial charge is 0.385 e. The van der Waals surface area contributed by atoms with Crippen LogP contribution in [0.5, 0.6) is 0 Å². The van der Waals surface area contributed by atoms with Gasteiger partial charge in [-0.1, -0.05) is 0 Å². The summed E-state index contributed by atoms with van der Waals surface area (Å²) in [5.74, 6) is 0.532. The third kappa shape index (κ3) is 2.99. The third-order valence-electron chi connectivity index (χ3n) is 4.25. The van der Waals surface area contributed by atoms with Crippen LogP contribution in [-0.2, 0) is 9.53 Å². The van der Waals surface area contributed by atoms with Crippen LogP contribution in [-0.4, -0.2) is 38.8 Å². The van der Waals surface area contributed by atoms with Crippen LogP contribution in [0.1, 0.15) is 32.6 Å². The quantitative estimate of drug-likeness (QED) is 0.751. The highest BCUT2D eigenvalue weighted by Gasteiger charge is 2.57. The van der Waals surface area contributed by atoms with Gasteiger partial charge in [0.25, 0.3) is 0 Å². The average Bonchev–Trinajstić information content (AvgIpc) is 3.01. The van der Waals surface area contributed by atoms with Gasteiger partial charge in [0.2, 0.25) is 5.91 Å². The first kappa shape index (κ1) is 12.8. The van der Waals surface area contributed by atoms with E-state index in [4.69, 9.17) is 4.74 Å². The van der Waals surface area contributed by atoms with Gasteiger partial charge in [0.05, 0.1) is 0 Å². The van der Waals surface area contributed by atoms with Gasteiger partial charge in [0.15, 0.2) is 0 Å². The van der Waals surface area contributed by atoms with Crippen LogP contribution < -0.4 is 10.6 Å². The lowest BCUT2D eigenvalue weighted by Crippen LogP contribution is -2.37. The molecule has 1 aliphatic heterocycles. The van der Waals surface area contributed by atoms with Gasteiger partial charge >= 0.3 is 0 Å². The van der Waals surface area contributed by atoms with Crippen molar-refractivity contribution in [2.24, 2.45) is 11.3 Å². The third-order valence-corrected chi connectivity index (χ3v) is 4.25. The Labute approximate surface area is 103 Å². The first-order valence-electron chi connectivity index (χ1n) is 6.68. The summed E-state index contributed by atoms with van der Waals surface area (Å²) in [4.78, 5) is 12.1. The van der Waals surface area contributed by atoms with Gasteiger partial charge in [-0.15, -0.1) is 0 Å². The zero-order valence-electron chi connectivity index (χ0n) is 10.9. The Kier molecular flexibility index (Phi) is 4.05. The maximum Gasteiger partial charge on any atom is 0.223 e. The summed E-state index contributed by atoms with van der Waals surface area (Å²) in [6, 6.07) is 0.224. The van der Waals surface area contributed by atoms with Gasteiger partial charge in [0.1, 0.15) is 0 Å². The Morgan fingerprint density at radius 3 is 2.88 bits per heavy atom. The number of hydrogen-bond acceptors (Lipinski definition) is 3. The van der Waals surface area contributed by atoms with E-state index in [0.29, 0.717) is 12.0 Å². The van der Waals surface area contributed by atoms with Gasteiger partial charge in [-0.3, -0.25) is 4.79 Å². The zero-order chi connectivity index (χ0) is 12.3. The van der Waals surface area contributed by atoms with Crippen LogP contribution in [0, 0.1) is 11.3 Å². The van der Waals surface area contributed by atoms with Crippen molar-refractivity contribution in [3.05, 3.63) is 0 Å². The SMILES string of the molecule is COCCC(C)NC(=O)C1CC12CCNCC2. The van der Waals surface area contributed by atoms with E-state index in [-0.39, 0.29) is 17.9 Å². The van der Waals surface area contributed by atoms with Crippen molar-refractivity contribution in [3.8, 4) is 0 Å². The summed E-state index contributed by atoms with van der Waals surface area (Å²) < 4.78 is 5.02. The number of nitrogens with one attached hydrogen (secondary N) is 2. The number of piperidine rings is 1. The lowest BCUT2D eigenvalue weighted by atomic mass is 9.91. The topological polar surface area (TPSA) is 50.4 Å². The minimum absolute atomic E-state index is 0.224. The standard InChI is InChI=1S/C13H24N2O2/c1-10(3-8-17-2)15-12(16)11-9-13(11)4-6-14-7-5-13/h10-11,14H,3-9H2,1-2H3,(H,15,16). The summed E-state index contributed by atoms with van der Waals surface area (Å²) in [6.45, 7) is 4.90. The molecule has 1 saturated carbocycles. The fraction of sp³-hybridized carbons (Fsp3) is 0.923. The number of hydrogen-bond donors (Lipinski definition) is 2. The minimum atomic E-state index is 0.224. The van der Waals surface area contributed by atoms with E-state index in [0.717, 1.165) is 38.8 Å². The van der Waals surface area contributed by atoms with Gasteiger partial charge in [-0.2, -0.15) is 0 Å². The molecule has 2 aliphatic rings. The molecule has 98 valence electrons. The zero-order valence-corrected chi connectivity index (χ0v) is 10.9. The molecule has 1 aliphatic carbocycles. The monoisotopic (exact) mass is 240 g/mol. The fourth-order valence-electron chi connectivity index (χ4n) is 2.91. The Morgan fingerprint density at radius 2 is 2.24 bits per heavy atom. The van der Waals surface area contributed by atoms with E-state index >= 15 is 0 Å². The number of carbonyl (C=O) groups excluding carboxylic acids is 1. The second kappa shape index (κ2) is 5.36. The van der Waals surface area contributed by atoms with E-state index < -0.39 is 0 Å². The molecule has 17 heavy (non-hydrogen) atoms. The summed E-state index contributed by atoms with van der Waals surface area (Å²) in [7, 11) is 1.69. The van der Waals surface area contributed by atoms with E-state index in [9.17, 15) is 4.79 Å². The molecule has 0 aromatic carbocycles. The molecule has 0 aromatic rings. The normalized spacial score (nSPS) is 27.8. The molecule has 2 fully saturated rings. The van der Waals surface area contributed by atoms with Crippen LogP contribution in [0.25, 0.3) is 0 Å². The molecule has 2 atom stereocenters. The van der Waals surface area contributed by atoms with Crippen LogP contribution in [0.4, 0.5) is 0 Å². The Hall–Kier alpha value is -0.610. The predicted octanol–water partition coefficient (Wildman–Crippen LogP) is 0.917.